The van der Waals surface area contributed by atoms with Gasteiger partial charge in [0, 0.05) is 19.0 Å². The Morgan fingerprint density at radius 2 is 1.96 bits per heavy atom. The molecule has 4 nitrogen and oxygen atoms in total. The van der Waals surface area contributed by atoms with Gasteiger partial charge >= 0.3 is 0 Å². The lowest BCUT2D eigenvalue weighted by atomic mass is 9.87. The molecule has 2 heterocycles. The van der Waals surface area contributed by atoms with Crippen LogP contribution >= 0.6 is 0 Å². The second-order valence-corrected chi connectivity index (χ2v) is 7.86. The Bertz CT molecular complexity index is 525. The number of hydrogen-bond donors (Lipinski definition) is 2. The van der Waals surface area contributed by atoms with Gasteiger partial charge in [-0.25, -0.2) is 0 Å². The Labute approximate surface area is 152 Å². The van der Waals surface area contributed by atoms with Gasteiger partial charge in [-0.2, -0.15) is 0 Å². The van der Waals surface area contributed by atoms with Crippen LogP contribution in [-0.2, 0) is 11.3 Å². The van der Waals surface area contributed by atoms with Crippen LogP contribution in [0.5, 0.6) is 0 Å². The molecule has 0 spiro atoms. The van der Waals surface area contributed by atoms with Crippen molar-refractivity contribution >= 4 is 5.91 Å². The summed E-state index contributed by atoms with van der Waals surface area (Å²) in [5.74, 6) is 1.69. The molecule has 1 aromatic carbocycles. The van der Waals surface area contributed by atoms with Crippen LogP contribution in [0.1, 0.15) is 38.2 Å². The Hall–Kier alpha value is -1.39. The van der Waals surface area contributed by atoms with Gasteiger partial charge in [-0.15, -0.1) is 0 Å². The van der Waals surface area contributed by atoms with Gasteiger partial charge in [0.05, 0.1) is 0 Å². The van der Waals surface area contributed by atoms with Crippen molar-refractivity contribution in [3.05, 3.63) is 35.9 Å². The molecule has 138 valence electrons. The largest absolute Gasteiger partial charge is 0.356 e. The summed E-state index contributed by atoms with van der Waals surface area (Å²) in [5.41, 5.74) is 1.41. The first-order chi connectivity index (χ1) is 12.2. The van der Waals surface area contributed by atoms with E-state index in [2.05, 4.69) is 52.8 Å². The first-order valence-corrected chi connectivity index (χ1v) is 9.97. The van der Waals surface area contributed by atoms with Crippen molar-refractivity contribution < 1.29 is 4.79 Å². The van der Waals surface area contributed by atoms with Crippen molar-refractivity contribution in [1.82, 2.24) is 15.5 Å². The number of hydrogen-bond acceptors (Lipinski definition) is 3. The molecule has 1 amide bonds. The van der Waals surface area contributed by atoms with Gasteiger partial charge in [-0.1, -0.05) is 37.3 Å². The Balaban J connectivity index is 1.32. The zero-order chi connectivity index (χ0) is 17.5. The van der Waals surface area contributed by atoms with Crippen LogP contribution in [-0.4, -0.2) is 43.5 Å². The van der Waals surface area contributed by atoms with Crippen LogP contribution in [0.15, 0.2) is 30.3 Å². The quantitative estimate of drug-likeness (QED) is 0.835. The number of nitrogens with zero attached hydrogens (tertiary/aromatic N) is 1. The van der Waals surface area contributed by atoms with E-state index in [1.807, 2.05) is 0 Å². The highest BCUT2D eigenvalue weighted by atomic mass is 16.1. The van der Waals surface area contributed by atoms with Crippen LogP contribution in [0.25, 0.3) is 0 Å². The van der Waals surface area contributed by atoms with Gasteiger partial charge < -0.3 is 10.6 Å². The third-order valence-corrected chi connectivity index (χ3v) is 5.93. The minimum Gasteiger partial charge on any atom is -0.356 e. The standard InChI is InChI=1S/C21H33N3O/c1-17-15-22-11-8-20(17)21(25)23-12-7-18-9-13-24(14-10-18)16-19-5-3-2-4-6-19/h2-6,17-18,20,22H,7-16H2,1H3,(H,23,25). The Kier molecular flexibility index (Phi) is 6.88. The average molecular weight is 344 g/mol. The minimum atomic E-state index is 0.203. The van der Waals surface area contributed by atoms with E-state index in [9.17, 15) is 4.79 Å². The van der Waals surface area contributed by atoms with Crippen molar-refractivity contribution in [2.75, 3.05) is 32.7 Å². The smallest absolute Gasteiger partial charge is 0.223 e. The van der Waals surface area contributed by atoms with E-state index in [1.54, 1.807) is 0 Å². The van der Waals surface area contributed by atoms with E-state index >= 15 is 0 Å². The molecule has 0 saturated carbocycles. The van der Waals surface area contributed by atoms with Crippen LogP contribution in [0, 0.1) is 17.8 Å². The maximum absolute atomic E-state index is 12.4. The van der Waals surface area contributed by atoms with Gasteiger partial charge in [0.2, 0.25) is 5.91 Å². The molecule has 0 aromatic heterocycles. The van der Waals surface area contributed by atoms with Gasteiger partial charge in [-0.3, -0.25) is 9.69 Å². The molecular weight excluding hydrogens is 310 g/mol. The minimum absolute atomic E-state index is 0.203. The molecule has 0 bridgehead atoms. The second-order valence-electron chi connectivity index (χ2n) is 7.86. The molecule has 2 atom stereocenters. The van der Waals surface area contributed by atoms with Crippen molar-refractivity contribution in [3.8, 4) is 0 Å². The van der Waals surface area contributed by atoms with Crippen LogP contribution < -0.4 is 10.6 Å². The summed E-state index contributed by atoms with van der Waals surface area (Å²) in [4.78, 5) is 14.9. The number of amides is 1. The summed E-state index contributed by atoms with van der Waals surface area (Å²) in [5, 5.41) is 6.56. The number of carbonyl (C=O) groups is 1. The number of rotatable bonds is 6. The predicted octanol–water partition coefficient (Wildman–Crippen LogP) is 2.65. The van der Waals surface area contributed by atoms with Gasteiger partial charge in [0.1, 0.15) is 0 Å². The monoisotopic (exact) mass is 343 g/mol. The molecule has 2 aliphatic heterocycles. The number of benzene rings is 1. The highest BCUT2D eigenvalue weighted by Gasteiger charge is 2.27. The summed E-state index contributed by atoms with van der Waals surface area (Å²) in [6.45, 7) is 8.40. The summed E-state index contributed by atoms with van der Waals surface area (Å²) in [6.07, 6.45) is 4.62. The third kappa shape index (κ3) is 5.55. The van der Waals surface area contributed by atoms with E-state index < -0.39 is 0 Å². The van der Waals surface area contributed by atoms with Crippen LogP contribution in [0.3, 0.4) is 0 Å². The number of likely N-dealkylation sites (tertiary alicyclic amines) is 1. The molecule has 0 aliphatic carbocycles. The Morgan fingerprint density at radius 1 is 1.20 bits per heavy atom. The fourth-order valence-corrected chi connectivity index (χ4v) is 4.21. The molecule has 2 unspecified atom stereocenters. The lowest BCUT2D eigenvalue weighted by Gasteiger charge is -2.32. The summed E-state index contributed by atoms with van der Waals surface area (Å²) in [6, 6.07) is 10.7. The molecule has 2 fully saturated rings. The lowest BCUT2D eigenvalue weighted by molar-refractivity contribution is -0.127. The summed E-state index contributed by atoms with van der Waals surface area (Å²) < 4.78 is 0. The number of piperidine rings is 2. The Morgan fingerprint density at radius 3 is 2.68 bits per heavy atom. The zero-order valence-corrected chi connectivity index (χ0v) is 15.5. The fourth-order valence-electron chi connectivity index (χ4n) is 4.21. The number of carbonyl (C=O) groups excluding carboxylic acids is 1. The molecule has 2 N–H and O–H groups in total. The van der Waals surface area contributed by atoms with Crippen LogP contribution in [0.2, 0.25) is 0 Å². The van der Waals surface area contributed by atoms with Crippen molar-refractivity contribution in [2.45, 2.75) is 39.2 Å². The summed E-state index contributed by atoms with van der Waals surface area (Å²) in [7, 11) is 0. The van der Waals surface area contributed by atoms with Crippen molar-refractivity contribution in [1.29, 1.82) is 0 Å². The van der Waals surface area contributed by atoms with E-state index in [-0.39, 0.29) is 11.8 Å². The topological polar surface area (TPSA) is 44.4 Å². The lowest BCUT2D eigenvalue weighted by Crippen LogP contribution is -2.44. The highest BCUT2D eigenvalue weighted by molar-refractivity contribution is 5.79. The SMILES string of the molecule is CC1CNCCC1C(=O)NCCC1CCN(Cc2ccccc2)CC1. The highest BCUT2D eigenvalue weighted by Crippen LogP contribution is 2.22. The molecule has 4 heteroatoms. The van der Waals surface area contributed by atoms with Crippen molar-refractivity contribution in [3.63, 3.8) is 0 Å². The first kappa shape index (κ1) is 18.4. The maximum atomic E-state index is 12.4. The molecule has 0 radical (unpaired) electrons. The van der Waals surface area contributed by atoms with Gasteiger partial charge in [0.15, 0.2) is 0 Å². The molecule has 2 aliphatic rings. The normalized spacial score (nSPS) is 25.6. The predicted molar refractivity (Wildman–Crippen MR) is 102 cm³/mol. The average Bonchev–Trinajstić information content (AvgIpc) is 2.64. The summed E-state index contributed by atoms with van der Waals surface area (Å²) >= 11 is 0. The second kappa shape index (κ2) is 9.35. The molecule has 1 aromatic rings. The van der Waals surface area contributed by atoms with E-state index in [4.69, 9.17) is 0 Å². The number of nitrogens with one attached hydrogen (secondary N) is 2. The van der Waals surface area contributed by atoms with E-state index in [0.29, 0.717) is 5.92 Å². The molecule has 2 saturated heterocycles. The van der Waals surface area contributed by atoms with Crippen LogP contribution in [0.4, 0.5) is 0 Å². The molecular formula is C21H33N3O. The molecule has 3 rings (SSSR count). The van der Waals surface area contributed by atoms with E-state index in [1.165, 1.54) is 31.5 Å². The van der Waals surface area contributed by atoms with E-state index in [0.717, 1.165) is 44.9 Å². The first-order valence-electron chi connectivity index (χ1n) is 9.97. The molecule has 25 heavy (non-hydrogen) atoms. The van der Waals surface area contributed by atoms with Crippen molar-refractivity contribution in [2.24, 2.45) is 17.8 Å². The maximum Gasteiger partial charge on any atom is 0.223 e. The third-order valence-electron chi connectivity index (χ3n) is 5.93. The zero-order valence-electron chi connectivity index (χ0n) is 15.5. The van der Waals surface area contributed by atoms with Gasteiger partial charge in [0.25, 0.3) is 0 Å². The van der Waals surface area contributed by atoms with Gasteiger partial charge in [-0.05, 0) is 69.3 Å². The fraction of sp³-hybridized carbons (Fsp3) is 0.667.